The Hall–Kier alpha value is -4.79. The Labute approximate surface area is 255 Å². The summed E-state index contributed by atoms with van der Waals surface area (Å²) in [7, 11) is 2.08. The van der Waals surface area contributed by atoms with Crippen LogP contribution in [0.4, 0.5) is 17.2 Å². The number of anilines is 3. The predicted molar refractivity (Wildman–Crippen MR) is 172 cm³/mol. The number of carbonyl (C=O) groups excluding carboxylic acids is 1. The number of likely N-dealkylation sites (N-methyl/N-ethyl adjacent to an activating group) is 1. The average molecular weight is 591 g/mol. The first-order chi connectivity index (χ1) is 21.0. The minimum absolute atomic E-state index is 0.184. The maximum Gasteiger partial charge on any atom is 0.248 e. The molecule has 1 saturated heterocycles. The van der Waals surface area contributed by atoms with Crippen LogP contribution in [0.5, 0.6) is 5.75 Å². The van der Waals surface area contributed by atoms with Gasteiger partial charge in [0.15, 0.2) is 0 Å². The normalized spacial score (nSPS) is 15.2. The molecule has 0 radical (unpaired) electrons. The maximum absolute atomic E-state index is 13.1. The third-order valence-corrected chi connectivity index (χ3v) is 7.76. The topological polar surface area (TPSA) is 92.3 Å². The summed E-state index contributed by atoms with van der Waals surface area (Å²) in [4.78, 5) is 28.8. The SMILES string of the molecule is CN1CCCC1C=CC(=O)Nc1ccc2ncnc(Nc3ccc(OCc4ccccn4)c(Cl)c3)c2c1-c1ccccc1. The highest BCUT2D eigenvalue weighted by Crippen LogP contribution is 2.39. The number of hydrogen-bond donors (Lipinski definition) is 2. The van der Waals surface area contributed by atoms with E-state index in [1.165, 1.54) is 6.33 Å². The van der Waals surface area contributed by atoms with Crippen LogP contribution < -0.4 is 15.4 Å². The van der Waals surface area contributed by atoms with E-state index in [2.05, 4.69) is 37.5 Å². The number of carbonyl (C=O) groups is 1. The number of pyridine rings is 1. The highest BCUT2D eigenvalue weighted by molar-refractivity contribution is 6.32. The summed E-state index contributed by atoms with van der Waals surface area (Å²) in [5.74, 6) is 0.954. The lowest BCUT2D eigenvalue weighted by molar-refractivity contribution is -0.111. The van der Waals surface area contributed by atoms with Gasteiger partial charge in [-0.25, -0.2) is 9.97 Å². The second-order valence-electron chi connectivity index (χ2n) is 10.4. The lowest BCUT2D eigenvalue weighted by Gasteiger charge is -2.17. The number of hydrogen-bond acceptors (Lipinski definition) is 7. The number of halogens is 1. The molecule has 1 fully saturated rings. The molecule has 5 aromatic rings. The zero-order valence-electron chi connectivity index (χ0n) is 23.7. The predicted octanol–water partition coefficient (Wildman–Crippen LogP) is 7.26. The van der Waals surface area contributed by atoms with Gasteiger partial charge in [-0.2, -0.15) is 0 Å². The first-order valence-electron chi connectivity index (χ1n) is 14.2. The maximum atomic E-state index is 13.1. The van der Waals surface area contributed by atoms with E-state index < -0.39 is 0 Å². The number of rotatable bonds is 9. The summed E-state index contributed by atoms with van der Waals surface area (Å²) in [5.41, 5.74) is 4.69. The number of ether oxygens (including phenoxy) is 1. The van der Waals surface area contributed by atoms with E-state index in [-0.39, 0.29) is 11.9 Å². The average Bonchev–Trinajstić information content (AvgIpc) is 3.45. The molecule has 1 amide bonds. The van der Waals surface area contributed by atoms with Crippen LogP contribution in [-0.4, -0.2) is 45.4 Å². The van der Waals surface area contributed by atoms with Gasteiger partial charge in [-0.3, -0.25) is 14.7 Å². The summed E-state index contributed by atoms with van der Waals surface area (Å²) in [6.45, 7) is 1.35. The van der Waals surface area contributed by atoms with E-state index in [0.717, 1.165) is 52.8 Å². The van der Waals surface area contributed by atoms with Gasteiger partial charge in [0.2, 0.25) is 5.91 Å². The molecule has 43 heavy (non-hydrogen) atoms. The number of benzene rings is 3. The fraction of sp³-hybridized carbons (Fsp3) is 0.176. The van der Waals surface area contributed by atoms with E-state index in [4.69, 9.17) is 16.3 Å². The molecule has 0 spiro atoms. The highest BCUT2D eigenvalue weighted by atomic mass is 35.5. The summed E-state index contributed by atoms with van der Waals surface area (Å²) >= 11 is 6.60. The van der Waals surface area contributed by atoms with Gasteiger partial charge in [0.25, 0.3) is 0 Å². The van der Waals surface area contributed by atoms with Crippen LogP contribution in [0.3, 0.4) is 0 Å². The van der Waals surface area contributed by atoms with E-state index in [0.29, 0.717) is 28.9 Å². The number of nitrogens with one attached hydrogen (secondary N) is 2. The van der Waals surface area contributed by atoms with Gasteiger partial charge in [0.05, 0.1) is 21.6 Å². The van der Waals surface area contributed by atoms with Crippen molar-refractivity contribution in [3.05, 3.63) is 114 Å². The Kier molecular flexibility index (Phi) is 8.58. The van der Waals surface area contributed by atoms with Gasteiger partial charge < -0.3 is 15.4 Å². The molecule has 1 aliphatic heterocycles. The fourth-order valence-corrected chi connectivity index (χ4v) is 5.51. The highest BCUT2D eigenvalue weighted by Gasteiger charge is 2.19. The molecule has 3 aromatic carbocycles. The number of fused-ring (bicyclic) bond motifs is 1. The number of likely N-dealkylation sites (tertiary alicyclic amines) is 1. The summed E-state index contributed by atoms with van der Waals surface area (Å²) in [6, 6.07) is 25.1. The lowest BCUT2D eigenvalue weighted by atomic mass is 9.98. The first-order valence-corrected chi connectivity index (χ1v) is 14.5. The minimum Gasteiger partial charge on any atom is -0.486 e. The van der Waals surface area contributed by atoms with Crippen LogP contribution in [0.2, 0.25) is 5.02 Å². The molecule has 8 nitrogen and oxygen atoms in total. The molecular formula is C34H31ClN6O2. The molecule has 6 rings (SSSR count). The van der Waals surface area contributed by atoms with Crippen LogP contribution in [0.1, 0.15) is 18.5 Å². The van der Waals surface area contributed by atoms with Crippen molar-refractivity contribution in [1.82, 2.24) is 19.9 Å². The fourth-order valence-electron chi connectivity index (χ4n) is 5.28. The molecule has 216 valence electrons. The molecule has 0 bridgehead atoms. The smallest absolute Gasteiger partial charge is 0.248 e. The van der Waals surface area contributed by atoms with E-state index in [1.54, 1.807) is 18.3 Å². The molecule has 1 atom stereocenters. The molecule has 1 aliphatic rings. The Morgan fingerprint density at radius 3 is 2.67 bits per heavy atom. The van der Waals surface area contributed by atoms with Crippen molar-refractivity contribution in [3.63, 3.8) is 0 Å². The Bertz CT molecular complexity index is 1760. The standard InChI is InChI=1S/C34H31ClN6O2/c1-41-19-7-11-26(41)13-17-31(42)40-29-15-14-28-33(32(29)23-8-3-2-4-9-23)34(38-22-37-28)39-24-12-16-30(27(35)20-24)43-21-25-10-5-6-18-36-25/h2-6,8-10,12-18,20,22,26H,7,11,19,21H2,1H3,(H,40,42)(H,37,38,39). The quantitative estimate of drug-likeness (QED) is 0.175. The molecule has 1 unspecified atom stereocenters. The summed E-state index contributed by atoms with van der Waals surface area (Å²) in [6.07, 6.45) is 9.05. The minimum atomic E-state index is -0.184. The molecule has 0 saturated carbocycles. The van der Waals surface area contributed by atoms with Gasteiger partial charge in [-0.05, 0) is 74.5 Å². The summed E-state index contributed by atoms with van der Waals surface area (Å²) < 4.78 is 5.89. The summed E-state index contributed by atoms with van der Waals surface area (Å²) in [5, 5.41) is 7.75. The molecule has 2 aromatic heterocycles. The Balaban J connectivity index is 1.31. The van der Waals surface area contributed by atoms with Crippen LogP contribution >= 0.6 is 11.6 Å². The van der Waals surface area contributed by atoms with Crippen molar-refractivity contribution in [2.45, 2.75) is 25.5 Å². The molecule has 3 heterocycles. The lowest BCUT2D eigenvalue weighted by Crippen LogP contribution is -2.23. The van der Waals surface area contributed by atoms with Crippen molar-refractivity contribution in [1.29, 1.82) is 0 Å². The Morgan fingerprint density at radius 1 is 1.05 bits per heavy atom. The van der Waals surface area contributed by atoms with Crippen LogP contribution in [0.25, 0.3) is 22.0 Å². The van der Waals surface area contributed by atoms with Crippen molar-refractivity contribution < 1.29 is 9.53 Å². The van der Waals surface area contributed by atoms with Crippen molar-refractivity contribution in [2.24, 2.45) is 0 Å². The van der Waals surface area contributed by atoms with Gasteiger partial charge in [0.1, 0.15) is 24.5 Å². The monoisotopic (exact) mass is 590 g/mol. The van der Waals surface area contributed by atoms with Crippen LogP contribution in [-0.2, 0) is 11.4 Å². The van der Waals surface area contributed by atoms with Gasteiger partial charge in [0, 0.05) is 35.3 Å². The number of amides is 1. The van der Waals surface area contributed by atoms with E-state index in [9.17, 15) is 4.79 Å². The van der Waals surface area contributed by atoms with Crippen molar-refractivity contribution in [3.8, 4) is 16.9 Å². The van der Waals surface area contributed by atoms with Gasteiger partial charge >= 0.3 is 0 Å². The second-order valence-corrected chi connectivity index (χ2v) is 10.8. The van der Waals surface area contributed by atoms with E-state index in [1.807, 2.05) is 78.9 Å². The van der Waals surface area contributed by atoms with Crippen LogP contribution in [0.15, 0.2) is 104 Å². The number of nitrogens with zero attached hydrogens (tertiary/aromatic N) is 4. The zero-order valence-corrected chi connectivity index (χ0v) is 24.5. The van der Waals surface area contributed by atoms with E-state index >= 15 is 0 Å². The third kappa shape index (κ3) is 6.66. The van der Waals surface area contributed by atoms with Crippen molar-refractivity contribution in [2.75, 3.05) is 24.2 Å². The van der Waals surface area contributed by atoms with Gasteiger partial charge in [-0.1, -0.05) is 54.1 Å². The van der Waals surface area contributed by atoms with Crippen LogP contribution in [0, 0.1) is 0 Å². The molecular weight excluding hydrogens is 560 g/mol. The first kappa shape index (κ1) is 28.3. The van der Waals surface area contributed by atoms with Crippen molar-refractivity contribution >= 4 is 45.6 Å². The van der Waals surface area contributed by atoms with Gasteiger partial charge in [-0.15, -0.1) is 0 Å². The third-order valence-electron chi connectivity index (χ3n) is 7.47. The molecule has 9 heteroatoms. The number of aromatic nitrogens is 3. The zero-order chi connectivity index (χ0) is 29.6. The Morgan fingerprint density at radius 2 is 1.91 bits per heavy atom. The largest absolute Gasteiger partial charge is 0.486 e. The second kappa shape index (κ2) is 13.0. The molecule has 2 N–H and O–H groups in total. The molecule has 0 aliphatic carbocycles.